The van der Waals surface area contributed by atoms with Gasteiger partial charge in [-0.2, -0.15) is 0 Å². The molecule has 1 amide bonds. The van der Waals surface area contributed by atoms with Crippen LogP contribution in [0.3, 0.4) is 0 Å². The number of hydrogen-bond donors (Lipinski definition) is 2. The van der Waals surface area contributed by atoms with Crippen LogP contribution in [0.2, 0.25) is 0 Å². The van der Waals surface area contributed by atoms with Gasteiger partial charge in [0.2, 0.25) is 5.91 Å². The van der Waals surface area contributed by atoms with Crippen molar-refractivity contribution in [2.75, 3.05) is 11.1 Å². The highest BCUT2D eigenvalue weighted by Crippen LogP contribution is 2.35. The molecule has 0 aliphatic carbocycles. The third kappa shape index (κ3) is 2.18. The third-order valence-corrected chi connectivity index (χ3v) is 4.45. The van der Waals surface area contributed by atoms with Crippen molar-refractivity contribution in [3.8, 4) is 11.3 Å². The molecule has 0 spiro atoms. The molecule has 0 radical (unpaired) electrons. The maximum Gasteiger partial charge on any atom is 0.224 e. The topological polar surface area (TPSA) is 68.0 Å². The predicted octanol–water partition coefficient (Wildman–Crippen LogP) is 3.15. The fraction of sp³-hybridized carbons (Fsp3) is 0.333. The molecule has 0 saturated heterocycles. The number of hydrogen-bond acceptors (Lipinski definition) is 4. The molecule has 104 valence electrons. The number of nitrogens with two attached hydrogens (primary N) is 1. The summed E-state index contributed by atoms with van der Waals surface area (Å²) >= 11 is 1.51. The smallest absolute Gasteiger partial charge is 0.224 e. The van der Waals surface area contributed by atoms with Gasteiger partial charge in [-0.25, -0.2) is 4.98 Å². The number of aryl methyl sites for hydroxylation is 3. The second kappa shape index (κ2) is 4.90. The summed E-state index contributed by atoms with van der Waals surface area (Å²) in [7, 11) is 0. The first-order valence-corrected chi connectivity index (χ1v) is 7.59. The van der Waals surface area contributed by atoms with Crippen LogP contribution in [-0.4, -0.2) is 10.9 Å². The number of thiazole rings is 1. The van der Waals surface area contributed by atoms with Crippen LogP contribution < -0.4 is 11.1 Å². The Kier molecular flexibility index (Phi) is 3.22. The number of nitrogen functional groups attached to an aromatic ring is 1. The zero-order chi connectivity index (χ0) is 14.3. The van der Waals surface area contributed by atoms with E-state index in [1.165, 1.54) is 16.9 Å². The Morgan fingerprint density at radius 2 is 2.20 bits per heavy atom. The van der Waals surface area contributed by atoms with E-state index in [0.29, 0.717) is 11.6 Å². The molecule has 20 heavy (non-hydrogen) atoms. The highest BCUT2D eigenvalue weighted by atomic mass is 32.1. The van der Waals surface area contributed by atoms with Crippen LogP contribution in [0.1, 0.15) is 29.3 Å². The maximum absolute atomic E-state index is 11.6. The molecule has 0 atom stereocenters. The Bertz CT molecular complexity index is 673. The van der Waals surface area contributed by atoms with Gasteiger partial charge in [0.05, 0.1) is 5.69 Å². The van der Waals surface area contributed by atoms with Gasteiger partial charge in [0.25, 0.3) is 0 Å². The Morgan fingerprint density at radius 3 is 2.85 bits per heavy atom. The van der Waals surface area contributed by atoms with E-state index in [-0.39, 0.29) is 5.91 Å². The van der Waals surface area contributed by atoms with Crippen LogP contribution in [0.4, 0.5) is 10.8 Å². The van der Waals surface area contributed by atoms with Gasteiger partial charge in [0.1, 0.15) is 0 Å². The van der Waals surface area contributed by atoms with Gasteiger partial charge in [-0.1, -0.05) is 6.92 Å². The van der Waals surface area contributed by atoms with Crippen molar-refractivity contribution in [3.05, 3.63) is 28.1 Å². The van der Waals surface area contributed by atoms with Crippen molar-refractivity contribution in [1.29, 1.82) is 0 Å². The van der Waals surface area contributed by atoms with Crippen molar-refractivity contribution >= 4 is 28.1 Å². The summed E-state index contributed by atoms with van der Waals surface area (Å²) in [5.74, 6) is 0.106. The molecule has 1 aliphatic rings. The summed E-state index contributed by atoms with van der Waals surface area (Å²) < 4.78 is 0. The molecular formula is C15H17N3OS. The number of benzene rings is 1. The van der Waals surface area contributed by atoms with E-state index < -0.39 is 0 Å². The van der Waals surface area contributed by atoms with Crippen molar-refractivity contribution in [2.45, 2.75) is 33.1 Å². The zero-order valence-corrected chi connectivity index (χ0v) is 12.4. The van der Waals surface area contributed by atoms with E-state index in [1.54, 1.807) is 0 Å². The number of anilines is 2. The van der Waals surface area contributed by atoms with Crippen LogP contribution in [0.5, 0.6) is 0 Å². The first-order chi connectivity index (χ1) is 9.58. The van der Waals surface area contributed by atoms with Crippen molar-refractivity contribution < 1.29 is 4.79 Å². The van der Waals surface area contributed by atoms with Crippen molar-refractivity contribution in [3.63, 3.8) is 0 Å². The zero-order valence-electron chi connectivity index (χ0n) is 11.6. The highest BCUT2D eigenvalue weighted by Gasteiger charge is 2.20. The SMILES string of the molecule is CCc1cc(-c2nc(N)sc2C)cc2c1NC(=O)CC2. The molecule has 0 unspecified atom stereocenters. The van der Waals surface area contributed by atoms with E-state index >= 15 is 0 Å². The standard InChI is InChI=1S/C15H17N3OS/c1-3-9-6-11(13-8(2)20-15(16)18-13)7-10-4-5-12(19)17-14(9)10/h6-7H,3-5H2,1-2H3,(H2,16,18)(H,17,19). The van der Waals surface area contributed by atoms with E-state index in [2.05, 4.69) is 29.4 Å². The van der Waals surface area contributed by atoms with Gasteiger partial charge >= 0.3 is 0 Å². The predicted molar refractivity (Wildman–Crippen MR) is 83.0 cm³/mol. The number of rotatable bonds is 2. The fourth-order valence-electron chi connectivity index (χ4n) is 2.68. The summed E-state index contributed by atoms with van der Waals surface area (Å²) in [5, 5.41) is 3.60. The van der Waals surface area contributed by atoms with Crippen LogP contribution in [-0.2, 0) is 17.6 Å². The molecule has 0 fully saturated rings. The van der Waals surface area contributed by atoms with E-state index in [0.717, 1.165) is 40.2 Å². The minimum atomic E-state index is 0.106. The molecule has 5 heteroatoms. The summed E-state index contributed by atoms with van der Waals surface area (Å²) in [5.41, 5.74) is 11.2. The summed E-state index contributed by atoms with van der Waals surface area (Å²) in [4.78, 5) is 17.1. The van der Waals surface area contributed by atoms with Crippen LogP contribution in [0.25, 0.3) is 11.3 Å². The van der Waals surface area contributed by atoms with Crippen molar-refractivity contribution in [1.82, 2.24) is 4.98 Å². The molecule has 1 aliphatic heterocycles. The number of aromatic nitrogens is 1. The summed E-state index contributed by atoms with van der Waals surface area (Å²) in [6, 6.07) is 4.25. The van der Waals surface area contributed by atoms with Crippen molar-refractivity contribution in [2.24, 2.45) is 0 Å². The van der Waals surface area contributed by atoms with Gasteiger partial charge in [-0.15, -0.1) is 11.3 Å². The molecule has 3 N–H and O–H groups in total. The second-order valence-electron chi connectivity index (χ2n) is 5.03. The number of carbonyl (C=O) groups excluding carboxylic acids is 1. The number of amides is 1. The number of nitrogens with one attached hydrogen (secondary N) is 1. The molecule has 2 aromatic rings. The molecule has 0 saturated carbocycles. The average molecular weight is 287 g/mol. The highest BCUT2D eigenvalue weighted by molar-refractivity contribution is 7.15. The normalized spacial score (nSPS) is 14.0. The Hall–Kier alpha value is -1.88. The number of carbonyl (C=O) groups is 1. The molecule has 1 aromatic heterocycles. The lowest BCUT2D eigenvalue weighted by atomic mass is 9.94. The van der Waals surface area contributed by atoms with Gasteiger partial charge in [-0.05, 0) is 43.0 Å². The van der Waals surface area contributed by atoms with E-state index in [4.69, 9.17) is 5.73 Å². The van der Waals surface area contributed by atoms with E-state index in [9.17, 15) is 4.79 Å². The average Bonchev–Trinajstić information content (AvgIpc) is 2.76. The van der Waals surface area contributed by atoms with Crippen LogP contribution in [0, 0.1) is 6.92 Å². The van der Waals surface area contributed by atoms with Gasteiger partial charge < -0.3 is 11.1 Å². The Labute approximate surface area is 122 Å². The Morgan fingerprint density at radius 1 is 1.40 bits per heavy atom. The molecule has 3 rings (SSSR count). The quantitative estimate of drug-likeness (QED) is 0.891. The lowest BCUT2D eigenvalue weighted by Gasteiger charge is -2.21. The number of fused-ring (bicyclic) bond motifs is 1. The van der Waals surface area contributed by atoms with Gasteiger partial charge in [-0.3, -0.25) is 4.79 Å². The third-order valence-electron chi connectivity index (χ3n) is 3.65. The first-order valence-electron chi connectivity index (χ1n) is 6.77. The molecular weight excluding hydrogens is 270 g/mol. The summed E-state index contributed by atoms with van der Waals surface area (Å²) in [6.07, 6.45) is 2.23. The van der Waals surface area contributed by atoms with Gasteiger partial charge in [0, 0.05) is 22.5 Å². The Balaban J connectivity index is 2.14. The summed E-state index contributed by atoms with van der Waals surface area (Å²) in [6.45, 7) is 4.14. The minimum Gasteiger partial charge on any atom is -0.375 e. The maximum atomic E-state index is 11.6. The molecule has 0 bridgehead atoms. The largest absolute Gasteiger partial charge is 0.375 e. The van der Waals surface area contributed by atoms with Gasteiger partial charge in [0.15, 0.2) is 5.13 Å². The second-order valence-corrected chi connectivity index (χ2v) is 6.26. The lowest BCUT2D eigenvalue weighted by molar-refractivity contribution is -0.116. The fourth-order valence-corrected chi connectivity index (χ4v) is 3.39. The molecule has 4 nitrogen and oxygen atoms in total. The minimum absolute atomic E-state index is 0.106. The lowest BCUT2D eigenvalue weighted by Crippen LogP contribution is -2.20. The first kappa shape index (κ1) is 13.1. The molecule has 1 aromatic carbocycles. The monoisotopic (exact) mass is 287 g/mol. The van der Waals surface area contributed by atoms with Crippen LogP contribution >= 0.6 is 11.3 Å². The van der Waals surface area contributed by atoms with Crippen LogP contribution in [0.15, 0.2) is 12.1 Å². The molecule has 2 heterocycles. The van der Waals surface area contributed by atoms with E-state index in [1.807, 2.05) is 6.92 Å². The number of nitrogens with zero attached hydrogens (tertiary/aromatic N) is 1.